The van der Waals surface area contributed by atoms with E-state index in [-0.39, 0.29) is 53.6 Å². The second kappa shape index (κ2) is 13.4. The molecule has 260 valence electrons. The van der Waals surface area contributed by atoms with Crippen LogP contribution in [0.3, 0.4) is 0 Å². The van der Waals surface area contributed by atoms with Crippen LogP contribution in [0.1, 0.15) is 45.1 Å². The molecule has 4 fully saturated rings. The molecule has 2 aliphatic carbocycles. The van der Waals surface area contributed by atoms with Crippen LogP contribution in [0.5, 0.6) is 0 Å². The van der Waals surface area contributed by atoms with Crippen LogP contribution in [0.15, 0.2) is 41.3 Å². The Morgan fingerprint density at radius 3 is 2.62 bits per heavy atom. The summed E-state index contributed by atoms with van der Waals surface area (Å²) < 4.78 is 75.9. The summed E-state index contributed by atoms with van der Waals surface area (Å²) in [6.45, 7) is 3.80. The quantitative estimate of drug-likeness (QED) is 0.232. The lowest BCUT2D eigenvalue weighted by Crippen LogP contribution is -2.53. The molecule has 1 aromatic heterocycles. The highest BCUT2D eigenvalue weighted by Crippen LogP contribution is 2.46. The standard InChI is InChI=1S/C33H40F2N4O7S2/c1-17(2)14-39(48(42,43)24-5-6-25-29(13-24)47-32(37-25)36-23-3-4-23)15-27(40)26(9-18-7-21(34)12-22(35)8-18)38-33(41)46-30-20-10-19-11-28(30)45-31(19)44-16-20/h5-8,12-13,17,19-20,23,26-28,30-31,40H,3-4,9-11,14-16H2,1-2H3,(H,36,37)(H,38,41)/t19-,20?,26-,27+,28-,30?,31?/m0/s1. The Labute approximate surface area is 282 Å². The summed E-state index contributed by atoms with van der Waals surface area (Å²) >= 11 is 1.38. The second-order valence-corrected chi connectivity index (χ2v) is 16.8. The number of halogens is 2. The van der Waals surface area contributed by atoms with Gasteiger partial charge in [-0.25, -0.2) is 27.0 Å². The van der Waals surface area contributed by atoms with E-state index in [4.69, 9.17) is 14.2 Å². The molecule has 0 radical (unpaired) electrons. The number of carbonyl (C=O) groups is 1. The lowest BCUT2D eigenvalue weighted by atomic mass is 9.78. The van der Waals surface area contributed by atoms with Gasteiger partial charge in [0.1, 0.15) is 17.7 Å². The van der Waals surface area contributed by atoms with Gasteiger partial charge in [0.05, 0.1) is 40.0 Å². The molecule has 3 N–H and O–H groups in total. The van der Waals surface area contributed by atoms with E-state index in [9.17, 15) is 27.1 Å². The lowest BCUT2D eigenvalue weighted by molar-refractivity contribution is -0.153. The number of ether oxygens (including phenoxy) is 3. The van der Waals surface area contributed by atoms with Crippen LogP contribution in [0.2, 0.25) is 0 Å². The lowest BCUT2D eigenvalue weighted by Gasteiger charge is -2.37. The molecule has 2 aromatic carbocycles. The molecular formula is C33H40F2N4O7S2. The first-order chi connectivity index (χ1) is 22.9. The molecule has 4 aliphatic rings. The summed E-state index contributed by atoms with van der Waals surface area (Å²) in [5, 5.41) is 18.4. The number of nitrogens with one attached hydrogen (secondary N) is 2. The molecule has 11 nitrogen and oxygen atoms in total. The Morgan fingerprint density at radius 2 is 1.90 bits per heavy atom. The molecule has 2 aliphatic heterocycles. The summed E-state index contributed by atoms with van der Waals surface area (Å²) in [4.78, 5) is 18.0. The molecular weight excluding hydrogens is 667 g/mol. The van der Waals surface area contributed by atoms with E-state index in [0.717, 1.165) is 42.6 Å². The number of amides is 1. The average Bonchev–Trinajstić information content (AvgIpc) is 3.65. The minimum Gasteiger partial charge on any atom is -0.443 e. The Balaban J connectivity index is 1.11. The van der Waals surface area contributed by atoms with Gasteiger partial charge in [-0.3, -0.25) is 0 Å². The van der Waals surface area contributed by atoms with Crippen molar-refractivity contribution in [1.82, 2.24) is 14.6 Å². The van der Waals surface area contributed by atoms with Gasteiger partial charge in [-0.2, -0.15) is 4.31 Å². The van der Waals surface area contributed by atoms with Crippen molar-refractivity contribution < 1.29 is 41.3 Å². The fourth-order valence-corrected chi connectivity index (χ4v) is 9.70. The number of anilines is 1. The number of hydrogen-bond acceptors (Lipinski definition) is 10. The molecule has 3 bridgehead atoms. The molecule has 0 spiro atoms. The second-order valence-electron chi connectivity index (χ2n) is 13.8. The van der Waals surface area contributed by atoms with E-state index in [1.807, 2.05) is 13.8 Å². The van der Waals surface area contributed by atoms with Gasteiger partial charge in [0.2, 0.25) is 10.0 Å². The van der Waals surface area contributed by atoms with Gasteiger partial charge < -0.3 is 30.0 Å². The van der Waals surface area contributed by atoms with Crippen molar-refractivity contribution in [2.24, 2.45) is 17.8 Å². The average molecular weight is 707 g/mol. The van der Waals surface area contributed by atoms with Gasteiger partial charge in [-0.1, -0.05) is 25.2 Å². The molecule has 3 aromatic rings. The first-order valence-electron chi connectivity index (χ1n) is 16.5. The zero-order chi connectivity index (χ0) is 33.7. The Hall–Kier alpha value is -2.95. The Morgan fingerprint density at radius 1 is 1.12 bits per heavy atom. The van der Waals surface area contributed by atoms with Crippen molar-refractivity contribution in [1.29, 1.82) is 0 Å². The normalized spacial score (nSPS) is 26.3. The van der Waals surface area contributed by atoms with Crippen molar-refractivity contribution in [2.75, 3.05) is 25.0 Å². The number of hydrogen-bond donors (Lipinski definition) is 3. The van der Waals surface area contributed by atoms with E-state index in [1.54, 1.807) is 12.1 Å². The van der Waals surface area contributed by atoms with Crippen molar-refractivity contribution in [2.45, 2.75) is 87.5 Å². The molecule has 1 amide bonds. The van der Waals surface area contributed by atoms with E-state index < -0.39 is 52.5 Å². The van der Waals surface area contributed by atoms with E-state index >= 15 is 0 Å². The van der Waals surface area contributed by atoms with Crippen LogP contribution >= 0.6 is 11.3 Å². The third kappa shape index (κ3) is 7.31. The largest absolute Gasteiger partial charge is 0.443 e. The number of carbonyl (C=O) groups excluding carboxylic acids is 1. The number of aromatic nitrogens is 1. The van der Waals surface area contributed by atoms with Gasteiger partial charge in [0.15, 0.2) is 11.4 Å². The van der Waals surface area contributed by atoms with Crippen LogP contribution in [-0.4, -0.2) is 85.3 Å². The third-order valence-electron chi connectivity index (χ3n) is 9.39. The van der Waals surface area contributed by atoms with Gasteiger partial charge in [-0.05, 0) is 73.9 Å². The molecule has 7 atom stereocenters. The third-order valence-corrected chi connectivity index (χ3v) is 12.2. The van der Waals surface area contributed by atoms with E-state index in [2.05, 4.69) is 15.6 Å². The number of nitrogens with zero attached hydrogens (tertiary/aromatic N) is 2. The van der Waals surface area contributed by atoms with Crippen molar-refractivity contribution >= 4 is 42.8 Å². The van der Waals surface area contributed by atoms with E-state index in [0.29, 0.717) is 29.3 Å². The number of fused-ring (bicyclic) bond motifs is 3. The van der Waals surface area contributed by atoms with Crippen molar-refractivity contribution in [3.05, 3.63) is 53.6 Å². The molecule has 15 heteroatoms. The number of alkyl carbamates (subject to hydrolysis) is 1. The van der Waals surface area contributed by atoms with Crippen LogP contribution in [0.4, 0.5) is 18.7 Å². The van der Waals surface area contributed by atoms with Crippen LogP contribution in [0.25, 0.3) is 10.2 Å². The van der Waals surface area contributed by atoms with Crippen molar-refractivity contribution in [3.8, 4) is 0 Å². The maximum absolute atomic E-state index is 14.2. The first-order valence-corrected chi connectivity index (χ1v) is 18.7. The van der Waals surface area contributed by atoms with E-state index in [1.165, 1.54) is 21.7 Å². The van der Waals surface area contributed by atoms with Crippen molar-refractivity contribution in [3.63, 3.8) is 0 Å². The predicted octanol–water partition coefficient (Wildman–Crippen LogP) is 4.64. The Bertz CT molecular complexity index is 1740. The highest BCUT2D eigenvalue weighted by molar-refractivity contribution is 7.89. The number of aliphatic hydroxyl groups excluding tert-OH is 1. The number of rotatable bonds is 13. The molecule has 3 heterocycles. The summed E-state index contributed by atoms with van der Waals surface area (Å²) in [7, 11) is -4.13. The van der Waals surface area contributed by atoms with Gasteiger partial charge >= 0.3 is 6.09 Å². The monoisotopic (exact) mass is 706 g/mol. The highest BCUT2D eigenvalue weighted by Gasteiger charge is 2.53. The number of sulfonamides is 1. The highest BCUT2D eigenvalue weighted by atomic mass is 32.2. The SMILES string of the molecule is CC(C)CN(C[C@@H](O)[C@H](Cc1cc(F)cc(F)c1)NC(=O)OC1C2COC3O[C@H]1C[C@@H]3C2)S(=O)(=O)c1ccc2nc(NC3CC3)sc2c1. The fourth-order valence-electron chi connectivity index (χ4n) is 6.99. The summed E-state index contributed by atoms with van der Waals surface area (Å²) in [5.74, 6) is -1.51. The number of aliphatic hydroxyl groups is 1. The minimum absolute atomic E-state index is 0.0398. The van der Waals surface area contributed by atoms with Crippen LogP contribution < -0.4 is 10.6 Å². The van der Waals surface area contributed by atoms with Crippen LogP contribution in [0, 0.1) is 29.4 Å². The van der Waals surface area contributed by atoms with Crippen LogP contribution in [-0.2, 0) is 30.7 Å². The Kier molecular flexibility index (Phi) is 9.36. The van der Waals surface area contributed by atoms with Gasteiger partial charge in [0, 0.05) is 37.0 Å². The molecule has 2 saturated heterocycles. The van der Waals surface area contributed by atoms with Gasteiger partial charge in [0.25, 0.3) is 0 Å². The number of thiazole rings is 1. The molecule has 3 unspecified atom stereocenters. The minimum atomic E-state index is -4.13. The maximum atomic E-state index is 14.2. The maximum Gasteiger partial charge on any atom is 0.407 e. The predicted molar refractivity (Wildman–Crippen MR) is 174 cm³/mol. The smallest absolute Gasteiger partial charge is 0.407 e. The first kappa shape index (κ1) is 33.5. The molecule has 2 saturated carbocycles. The zero-order valence-electron chi connectivity index (χ0n) is 26.7. The summed E-state index contributed by atoms with van der Waals surface area (Å²) in [6.07, 6.45) is -0.000242. The number of benzene rings is 2. The topological polar surface area (TPSA) is 139 Å². The fraction of sp³-hybridized carbons (Fsp3) is 0.576. The zero-order valence-corrected chi connectivity index (χ0v) is 28.3. The summed E-state index contributed by atoms with van der Waals surface area (Å²) in [5.41, 5.74) is 0.854. The molecule has 48 heavy (non-hydrogen) atoms. The van der Waals surface area contributed by atoms with Gasteiger partial charge in [-0.15, -0.1) is 0 Å². The molecule has 7 rings (SSSR count). The summed E-state index contributed by atoms with van der Waals surface area (Å²) in [6, 6.07) is 6.94.